The van der Waals surface area contributed by atoms with Crippen LogP contribution in [0.25, 0.3) is 0 Å². The Balaban J connectivity index is 2.84. The van der Waals surface area contributed by atoms with Gasteiger partial charge in [-0.1, -0.05) is 38.4 Å². The van der Waals surface area contributed by atoms with Crippen LogP contribution in [0, 0.1) is 0 Å². The molecule has 0 heterocycles. The summed E-state index contributed by atoms with van der Waals surface area (Å²) in [5.74, 6) is 1.22. The Morgan fingerprint density at radius 1 is 1.30 bits per heavy atom. The Labute approximate surface area is 73.8 Å². The Bertz CT molecular complexity index is 89.3. The zero-order valence-corrected chi connectivity index (χ0v) is 8.49. The van der Waals surface area contributed by atoms with Crippen LogP contribution in [0.2, 0.25) is 0 Å². The zero-order chi connectivity index (χ0) is 7.82. The van der Waals surface area contributed by atoms with Crippen LogP contribution in [0.5, 0.6) is 0 Å². The topological polar surface area (TPSA) is 0 Å². The van der Waals surface area contributed by atoms with Crippen molar-refractivity contribution in [2.75, 3.05) is 5.75 Å². The SMILES string of the molecule is CCCCCCSC(C)=S. The molecular weight excluding hydrogens is 160 g/mol. The lowest BCUT2D eigenvalue weighted by molar-refractivity contribution is 0.707. The molecule has 0 aromatic heterocycles. The van der Waals surface area contributed by atoms with Crippen LogP contribution < -0.4 is 0 Å². The summed E-state index contributed by atoms with van der Waals surface area (Å²) >= 11 is 6.75. The quantitative estimate of drug-likeness (QED) is 0.463. The van der Waals surface area contributed by atoms with E-state index in [1.54, 1.807) is 0 Å². The van der Waals surface area contributed by atoms with Gasteiger partial charge in [0.05, 0.1) is 0 Å². The highest BCUT2D eigenvalue weighted by Crippen LogP contribution is 2.08. The standard InChI is InChI=1S/C8H16S2/c1-3-4-5-6-7-10-8(2)9/h3-7H2,1-2H3. The second-order valence-electron chi connectivity index (χ2n) is 2.40. The third-order valence-electron chi connectivity index (χ3n) is 1.30. The van der Waals surface area contributed by atoms with E-state index in [0.717, 1.165) is 4.20 Å². The average molecular weight is 176 g/mol. The molecule has 0 bridgehead atoms. The fraction of sp³-hybridized carbons (Fsp3) is 0.875. The highest BCUT2D eigenvalue weighted by molar-refractivity contribution is 8.23. The summed E-state index contributed by atoms with van der Waals surface area (Å²) in [6, 6.07) is 0. The molecule has 0 aliphatic heterocycles. The van der Waals surface area contributed by atoms with Gasteiger partial charge in [0.1, 0.15) is 0 Å². The van der Waals surface area contributed by atoms with Crippen molar-refractivity contribution in [1.29, 1.82) is 0 Å². The molecule has 0 nitrogen and oxygen atoms in total. The summed E-state index contributed by atoms with van der Waals surface area (Å²) in [5.41, 5.74) is 0. The normalized spacial score (nSPS) is 9.80. The van der Waals surface area contributed by atoms with E-state index >= 15 is 0 Å². The van der Waals surface area contributed by atoms with E-state index in [0.29, 0.717) is 0 Å². The summed E-state index contributed by atoms with van der Waals surface area (Å²) in [4.78, 5) is 0. The molecular formula is C8H16S2. The highest BCUT2D eigenvalue weighted by Gasteiger charge is 1.89. The van der Waals surface area contributed by atoms with Crippen LogP contribution in [0.4, 0.5) is 0 Å². The minimum absolute atomic E-state index is 1.08. The smallest absolute Gasteiger partial charge is 0.0447 e. The van der Waals surface area contributed by atoms with Crippen molar-refractivity contribution in [1.82, 2.24) is 0 Å². The summed E-state index contributed by atoms with van der Waals surface area (Å²) in [7, 11) is 0. The molecule has 0 aliphatic carbocycles. The highest BCUT2D eigenvalue weighted by atomic mass is 32.2. The molecule has 0 unspecified atom stereocenters. The van der Waals surface area contributed by atoms with Gasteiger partial charge < -0.3 is 0 Å². The zero-order valence-electron chi connectivity index (χ0n) is 6.85. The van der Waals surface area contributed by atoms with Gasteiger partial charge in [-0.3, -0.25) is 0 Å². The van der Waals surface area contributed by atoms with Gasteiger partial charge in [0.15, 0.2) is 0 Å². The van der Waals surface area contributed by atoms with Gasteiger partial charge >= 0.3 is 0 Å². The maximum atomic E-state index is 4.94. The molecule has 0 N–H and O–H groups in total. The Morgan fingerprint density at radius 3 is 2.50 bits per heavy atom. The number of thioether (sulfide) groups is 1. The van der Waals surface area contributed by atoms with Crippen LogP contribution in [0.3, 0.4) is 0 Å². The second kappa shape index (κ2) is 7.55. The molecule has 0 aromatic rings. The molecule has 0 radical (unpaired) electrons. The molecule has 0 amide bonds. The lowest BCUT2D eigenvalue weighted by Crippen LogP contribution is -1.83. The molecule has 0 fully saturated rings. The summed E-state index contributed by atoms with van der Waals surface area (Å²) < 4.78 is 1.08. The van der Waals surface area contributed by atoms with Gasteiger partial charge in [-0.05, 0) is 19.1 Å². The molecule has 0 saturated heterocycles. The van der Waals surface area contributed by atoms with Crippen LogP contribution in [0.1, 0.15) is 39.5 Å². The maximum Gasteiger partial charge on any atom is 0.0447 e. The first-order valence-corrected chi connectivity index (χ1v) is 5.30. The van der Waals surface area contributed by atoms with Crippen molar-refractivity contribution >= 4 is 28.2 Å². The van der Waals surface area contributed by atoms with E-state index < -0.39 is 0 Å². The summed E-state index contributed by atoms with van der Waals surface area (Å²) in [5, 5.41) is 0. The van der Waals surface area contributed by atoms with Crippen molar-refractivity contribution in [3.05, 3.63) is 0 Å². The van der Waals surface area contributed by atoms with E-state index in [9.17, 15) is 0 Å². The largest absolute Gasteiger partial charge is 0.119 e. The summed E-state index contributed by atoms with van der Waals surface area (Å²) in [6.45, 7) is 4.23. The van der Waals surface area contributed by atoms with Crippen molar-refractivity contribution in [2.45, 2.75) is 39.5 Å². The van der Waals surface area contributed by atoms with Crippen LogP contribution in [-0.2, 0) is 0 Å². The number of hydrogen-bond acceptors (Lipinski definition) is 2. The van der Waals surface area contributed by atoms with E-state index in [1.165, 1.54) is 31.4 Å². The second-order valence-corrected chi connectivity index (χ2v) is 4.58. The van der Waals surface area contributed by atoms with Crippen molar-refractivity contribution in [3.63, 3.8) is 0 Å². The third kappa shape index (κ3) is 8.44. The molecule has 0 aromatic carbocycles. The Hall–Kier alpha value is 0.440. The number of unbranched alkanes of at least 4 members (excludes halogenated alkanes) is 3. The summed E-state index contributed by atoms with van der Waals surface area (Å²) in [6.07, 6.45) is 5.39. The fourth-order valence-corrected chi connectivity index (χ4v) is 1.63. The molecule has 0 rings (SSSR count). The van der Waals surface area contributed by atoms with Gasteiger partial charge in [-0.25, -0.2) is 0 Å². The van der Waals surface area contributed by atoms with E-state index in [1.807, 2.05) is 18.7 Å². The van der Waals surface area contributed by atoms with Gasteiger partial charge in [-0.2, -0.15) is 0 Å². The lowest BCUT2D eigenvalue weighted by Gasteiger charge is -1.97. The van der Waals surface area contributed by atoms with E-state index in [4.69, 9.17) is 12.2 Å². The molecule has 0 spiro atoms. The molecule has 2 heteroatoms. The first-order valence-electron chi connectivity index (χ1n) is 3.90. The van der Waals surface area contributed by atoms with Crippen molar-refractivity contribution < 1.29 is 0 Å². The van der Waals surface area contributed by atoms with Crippen LogP contribution >= 0.6 is 24.0 Å². The van der Waals surface area contributed by atoms with Crippen LogP contribution in [0.15, 0.2) is 0 Å². The fourth-order valence-electron chi connectivity index (χ4n) is 0.745. The maximum absolute atomic E-state index is 4.94. The minimum Gasteiger partial charge on any atom is -0.119 e. The average Bonchev–Trinajstić information content (AvgIpc) is 1.87. The Kier molecular flexibility index (Phi) is 7.88. The monoisotopic (exact) mass is 176 g/mol. The molecule has 10 heavy (non-hydrogen) atoms. The van der Waals surface area contributed by atoms with Crippen LogP contribution in [-0.4, -0.2) is 9.95 Å². The van der Waals surface area contributed by atoms with Gasteiger partial charge in [0.25, 0.3) is 0 Å². The number of rotatable bonds is 5. The molecule has 0 aliphatic rings. The predicted molar refractivity (Wildman–Crippen MR) is 54.9 cm³/mol. The number of thiocarbonyl (C=S) groups is 1. The van der Waals surface area contributed by atoms with Gasteiger partial charge in [-0.15, -0.1) is 11.8 Å². The van der Waals surface area contributed by atoms with E-state index in [-0.39, 0.29) is 0 Å². The lowest BCUT2D eigenvalue weighted by atomic mass is 10.2. The molecule has 0 atom stereocenters. The first-order chi connectivity index (χ1) is 4.77. The van der Waals surface area contributed by atoms with E-state index in [2.05, 4.69) is 6.92 Å². The Morgan fingerprint density at radius 2 is 2.00 bits per heavy atom. The molecule has 0 saturated carbocycles. The van der Waals surface area contributed by atoms with Gasteiger partial charge in [0.2, 0.25) is 0 Å². The van der Waals surface area contributed by atoms with Gasteiger partial charge in [0, 0.05) is 4.20 Å². The molecule has 60 valence electrons. The number of hydrogen-bond donors (Lipinski definition) is 0. The first kappa shape index (κ1) is 10.4. The van der Waals surface area contributed by atoms with Crippen molar-refractivity contribution in [3.8, 4) is 0 Å². The van der Waals surface area contributed by atoms with Crippen molar-refractivity contribution in [2.24, 2.45) is 0 Å². The third-order valence-corrected chi connectivity index (χ3v) is 2.56. The predicted octanol–water partition coefficient (Wildman–Crippen LogP) is 3.65. The minimum atomic E-state index is 1.08.